The lowest BCUT2D eigenvalue weighted by Gasteiger charge is -2.40. The van der Waals surface area contributed by atoms with E-state index >= 15 is 0 Å². The summed E-state index contributed by atoms with van der Waals surface area (Å²) in [6.45, 7) is 4.60. The summed E-state index contributed by atoms with van der Waals surface area (Å²) in [4.78, 5) is 17.9. The van der Waals surface area contributed by atoms with Crippen LogP contribution in [-0.4, -0.2) is 47.3 Å². The molecule has 0 spiro atoms. The third-order valence-electron chi connectivity index (χ3n) is 8.17. The van der Waals surface area contributed by atoms with Crippen molar-refractivity contribution in [3.8, 4) is 5.75 Å². The van der Waals surface area contributed by atoms with E-state index in [-0.39, 0.29) is 12.1 Å². The van der Waals surface area contributed by atoms with Crippen molar-refractivity contribution in [1.29, 1.82) is 0 Å². The fraction of sp³-hybridized carbons (Fsp3) is 0.387. The number of carboxylic acid groups (broad SMARTS) is 1. The fourth-order valence-electron chi connectivity index (χ4n) is 5.99. The van der Waals surface area contributed by atoms with E-state index in [0.29, 0.717) is 5.56 Å². The molecule has 1 saturated heterocycles. The number of carboxylic acids is 1. The Morgan fingerprint density at radius 2 is 1.89 bits per heavy atom. The van der Waals surface area contributed by atoms with Crippen molar-refractivity contribution in [2.45, 2.75) is 51.3 Å². The number of carbonyl (C=O) groups is 1. The number of fused-ring (bicyclic) bond motifs is 2. The van der Waals surface area contributed by atoms with Crippen molar-refractivity contribution in [2.75, 3.05) is 20.3 Å². The highest BCUT2D eigenvalue weighted by atomic mass is 16.5. The first-order valence-corrected chi connectivity index (χ1v) is 13.3. The third kappa shape index (κ3) is 4.60. The van der Waals surface area contributed by atoms with Crippen LogP contribution in [0.3, 0.4) is 0 Å². The highest BCUT2D eigenvalue weighted by Gasteiger charge is 2.34. The van der Waals surface area contributed by atoms with E-state index in [1.165, 1.54) is 29.4 Å². The van der Waals surface area contributed by atoms with Crippen molar-refractivity contribution < 1.29 is 19.4 Å². The number of H-pyrrole nitrogens is 1. The molecule has 0 radical (unpaired) electrons. The average molecular weight is 499 g/mol. The van der Waals surface area contributed by atoms with Crippen molar-refractivity contribution >= 4 is 27.6 Å². The highest BCUT2D eigenvalue weighted by molar-refractivity contribution is 6.04. The molecule has 6 nitrogen and oxygen atoms in total. The first-order chi connectivity index (χ1) is 18.0. The van der Waals surface area contributed by atoms with Crippen molar-refractivity contribution in [3.63, 3.8) is 0 Å². The zero-order valence-corrected chi connectivity index (χ0v) is 21.5. The van der Waals surface area contributed by atoms with Crippen LogP contribution in [0.1, 0.15) is 58.8 Å². The van der Waals surface area contributed by atoms with Crippen LogP contribution in [0, 0.1) is 12.8 Å². The van der Waals surface area contributed by atoms with Gasteiger partial charge in [0.05, 0.1) is 18.8 Å². The van der Waals surface area contributed by atoms with Crippen LogP contribution >= 0.6 is 0 Å². The van der Waals surface area contributed by atoms with Gasteiger partial charge in [0.15, 0.2) is 0 Å². The molecule has 0 bridgehead atoms. The minimum atomic E-state index is -0.895. The largest absolute Gasteiger partial charge is 0.496 e. The SMILES string of the molecule is COc1cc(C)c2[nH]ccc2c1CN1CC[C@@H](OCC2CC2)C[C@@H]1c1ccc(C(=O)O)c2ccccc12. The predicted molar refractivity (Wildman–Crippen MR) is 145 cm³/mol. The molecular weight excluding hydrogens is 464 g/mol. The number of hydrogen-bond acceptors (Lipinski definition) is 4. The molecule has 2 N–H and O–H groups in total. The van der Waals surface area contributed by atoms with Gasteiger partial charge >= 0.3 is 5.97 Å². The lowest BCUT2D eigenvalue weighted by Crippen LogP contribution is -2.39. The number of ether oxygens (including phenoxy) is 2. The molecule has 37 heavy (non-hydrogen) atoms. The van der Waals surface area contributed by atoms with E-state index < -0.39 is 5.97 Å². The molecule has 2 heterocycles. The Labute approximate surface area is 217 Å². The molecule has 1 aliphatic carbocycles. The van der Waals surface area contributed by atoms with Gasteiger partial charge in [0.25, 0.3) is 0 Å². The molecule has 192 valence electrons. The molecule has 2 aliphatic rings. The predicted octanol–water partition coefficient (Wildman–Crippen LogP) is 6.47. The van der Waals surface area contributed by atoms with E-state index in [2.05, 4.69) is 35.0 Å². The fourth-order valence-corrected chi connectivity index (χ4v) is 5.99. The summed E-state index contributed by atoms with van der Waals surface area (Å²) in [5.74, 6) is 0.737. The van der Waals surface area contributed by atoms with Gasteiger partial charge < -0.3 is 19.6 Å². The van der Waals surface area contributed by atoms with Gasteiger partial charge in [-0.05, 0) is 78.6 Å². The van der Waals surface area contributed by atoms with Crippen LogP contribution < -0.4 is 4.74 Å². The maximum absolute atomic E-state index is 12.0. The standard InChI is InChI=1S/C31H34N2O4/c1-19-15-29(36-2)27(25-11-13-32-30(19)25)17-33-14-12-21(37-18-20-7-8-20)16-28(33)24-9-10-26(31(34)35)23-6-4-3-5-22(23)24/h3-6,9-11,13,15,20-21,28,32H,7-8,12,14,16-18H2,1-2H3,(H,34,35)/t21-,28-/m1/s1. The molecular formula is C31H34N2O4. The van der Waals surface area contributed by atoms with E-state index in [4.69, 9.17) is 9.47 Å². The number of hydrogen-bond donors (Lipinski definition) is 2. The normalized spacial score (nSPS) is 20.5. The number of aryl methyl sites for hydroxylation is 1. The number of likely N-dealkylation sites (tertiary alicyclic amines) is 1. The van der Waals surface area contributed by atoms with Crippen molar-refractivity contribution in [3.05, 3.63) is 77.0 Å². The summed E-state index contributed by atoms with van der Waals surface area (Å²) < 4.78 is 12.3. The molecule has 3 aromatic carbocycles. The summed E-state index contributed by atoms with van der Waals surface area (Å²) in [6, 6.07) is 16.0. The van der Waals surface area contributed by atoms with E-state index in [1.807, 2.05) is 30.5 Å². The number of nitrogens with one attached hydrogen (secondary N) is 1. The summed E-state index contributed by atoms with van der Waals surface area (Å²) in [6.07, 6.45) is 6.62. The second kappa shape index (κ2) is 9.84. The molecule has 1 saturated carbocycles. The molecule has 6 rings (SSSR count). The molecule has 6 heteroatoms. The summed E-state index contributed by atoms with van der Waals surface area (Å²) >= 11 is 0. The zero-order valence-electron chi connectivity index (χ0n) is 21.5. The van der Waals surface area contributed by atoms with Gasteiger partial charge in [0, 0.05) is 48.4 Å². The van der Waals surface area contributed by atoms with E-state index in [0.717, 1.165) is 66.1 Å². The quantitative estimate of drug-likeness (QED) is 0.291. The Bertz CT molecular complexity index is 1450. The maximum atomic E-state index is 12.0. The second-order valence-electron chi connectivity index (χ2n) is 10.6. The Morgan fingerprint density at radius 3 is 2.65 bits per heavy atom. The van der Waals surface area contributed by atoms with Gasteiger partial charge in [0.2, 0.25) is 0 Å². The summed E-state index contributed by atoms with van der Waals surface area (Å²) in [7, 11) is 1.74. The zero-order chi connectivity index (χ0) is 25.5. The van der Waals surface area contributed by atoms with Crippen LogP contribution in [0.15, 0.2) is 54.7 Å². The number of benzene rings is 3. The van der Waals surface area contributed by atoms with Crippen LogP contribution in [0.2, 0.25) is 0 Å². The molecule has 4 aromatic rings. The van der Waals surface area contributed by atoms with Gasteiger partial charge in [-0.25, -0.2) is 4.79 Å². The molecule has 0 amide bonds. The molecule has 2 fully saturated rings. The van der Waals surface area contributed by atoms with Crippen LogP contribution in [0.5, 0.6) is 5.75 Å². The number of methoxy groups -OCH3 is 1. The molecule has 0 unspecified atom stereocenters. The molecule has 1 aromatic heterocycles. The highest BCUT2D eigenvalue weighted by Crippen LogP contribution is 2.41. The van der Waals surface area contributed by atoms with Gasteiger partial charge in [-0.15, -0.1) is 0 Å². The van der Waals surface area contributed by atoms with E-state index in [1.54, 1.807) is 13.2 Å². The molecule has 1 aliphatic heterocycles. The van der Waals surface area contributed by atoms with Crippen molar-refractivity contribution in [1.82, 2.24) is 9.88 Å². The third-order valence-corrected chi connectivity index (χ3v) is 8.17. The first kappa shape index (κ1) is 24.0. The first-order valence-electron chi connectivity index (χ1n) is 13.3. The lowest BCUT2D eigenvalue weighted by atomic mass is 9.88. The monoisotopic (exact) mass is 498 g/mol. The number of rotatable bonds is 8. The van der Waals surface area contributed by atoms with E-state index in [9.17, 15) is 9.90 Å². The Hall–Kier alpha value is -3.35. The Morgan fingerprint density at radius 1 is 1.08 bits per heavy atom. The minimum absolute atomic E-state index is 0.102. The smallest absolute Gasteiger partial charge is 0.336 e. The number of nitrogens with zero attached hydrogens (tertiary/aromatic N) is 1. The van der Waals surface area contributed by atoms with Gasteiger partial charge in [-0.2, -0.15) is 0 Å². The van der Waals surface area contributed by atoms with Crippen LogP contribution in [0.25, 0.3) is 21.7 Å². The maximum Gasteiger partial charge on any atom is 0.336 e. The Balaban J connectivity index is 1.41. The Kier molecular flexibility index (Phi) is 6.39. The molecule has 2 atom stereocenters. The van der Waals surface area contributed by atoms with Gasteiger partial charge in [0.1, 0.15) is 5.75 Å². The van der Waals surface area contributed by atoms with Crippen LogP contribution in [-0.2, 0) is 11.3 Å². The second-order valence-corrected chi connectivity index (χ2v) is 10.6. The average Bonchev–Trinajstić information content (AvgIpc) is 3.61. The van der Waals surface area contributed by atoms with Crippen LogP contribution in [0.4, 0.5) is 0 Å². The topological polar surface area (TPSA) is 74.8 Å². The van der Waals surface area contributed by atoms with Crippen molar-refractivity contribution in [2.24, 2.45) is 5.92 Å². The summed E-state index contributed by atoms with van der Waals surface area (Å²) in [5.41, 5.74) is 5.00. The van der Waals surface area contributed by atoms with Gasteiger partial charge in [-0.3, -0.25) is 4.90 Å². The summed E-state index contributed by atoms with van der Waals surface area (Å²) in [5, 5.41) is 12.8. The minimum Gasteiger partial charge on any atom is -0.496 e. The lowest BCUT2D eigenvalue weighted by molar-refractivity contribution is -0.0226. The van der Waals surface area contributed by atoms with Gasteiger partial charge in [-0.1, -0.05) is 30.3 Å². The number of aromatic amines is 1. The number of aromatic carboxylic acids is 1. The number of aromatic nitrogens is 1. The number of piperidine rings is 1.